The Balaban J connectivity index is 0.000000172. The molecule has 9 aromatic rings. The first-order chi connectivity index (χ1) is 26.8. The third kappa shape index (κ3) is 8.27. The van der Waals surface area contributed by atoms with E-state index in [0.29, 0.717) is 11.6 Å². The van der Waals surface area contributed by atoms with Crippen LogP contribution in [0.3, 0.4) is 0 Å². The van der Waals surface area contributed by atoms with Gasteiger partial charge < -0.3 is 9.40 Å². The quantitative estimate of drug-likeness (QED) is 0.123. The smallest absolute Gasteiger partial charge is 0 e. The Hall–Kier alpha value is -4.88. The van der Waals surface area contributed by atoms with Crippen LogP contribution in [0.15, 0.2) is 130 Å². The SMILES string of the molecule is CC(C)(C)c1ccc(-c2ccc3c(n2)oc2c(-c4ccccn4)[c-]ccc23)cc1.CC(C)Cc1cc(-c2[c-]ccc3c2oc2ccccc23)nc[c]1[Ge]([CH3])([CH3])[CH3].[Ir]. The van der Waals surface area contributed by atoms with Gasteiger partial charge in [-0.2, -0.15) is 0 Å². The van der Waals surface area contributed by atoms with E-state index in [1.165, 1.54) is 15.5 Å². The van der Waals surface area contributed by atoms with Crippen LogP contribution in [0.5, 0.6) is 0 Å². The second-order valence-electron chi connectivity index (χ2n) is 17.1. The molecule has 289 valence electrons. The number of para-hydroxylation sites is 1. The van der Waals surface area contributed by atoms with Crippen LogP contribution >= 0.6 is 0 Å². The summed E-state index contributed by atoms with van der Waals surface area (Å²) in [6.07, 6.45) is 4.99. The molecular formula is C50H47GeIrN3O2-2. The van der Waals surface area contributed by atoms with Gasteiger partial charge >= 0.3 is 164 Å². The van der Waals surface area contributed by atoms with Crippen LogP contribution in [0.25, 0.3) is 77.8 Å². The summed E-state index contributed by atoms with van der Waals surface area (Å²) in [4.78, 5) is 14.1. The van der Waals surface area contributed by atoms with Crippen molar-refractivity contribution in [3.8, 4) is 33.8 Å². The third-order valence-corrected chi connectivity index (χ3v) is 14.6. The summed E-state index contributed by atoms with van der Waals surface area (Å²) < 4.78 is 13.9. The number of aromatic nitrogens is 3. The van der Waals surface area contributed by atoms with Crippen molar-refractivity contribution >= 4 is 61.7 Å². The average Bonchev–Trinajstić information content (AvgIpc) is 3.76. The second-order valence-corrected chi connectivity index (χ2v) is 27.6. The van der Waals surface area contributed by atoms with Crippen molar-refractivity contribution in [2.24, 2.45) is 5.92 Å². The van der Waals surface area contributed by atoms with Crippen molar-refractivity contribution in [1.82, 2.24) is 15.0 Å². The molecule has 5 aromatic heterocycles. The number of pyridine rings is 3. The van der Waals surface area contributed by atoms with Crippen LogP contribution in [0.4, 0.5) is 0 Å². The first kappa shape index (κ1) is 40.3. The minimum Gasteiger partial charge on any atom is 0 e. The standard InChI is InChI=1S/C26H21N2O.C24H26GeNO.Ir/c1-26(2,3)18-12-10-17(11-13-18)22-15-14-20-19-7-6-8-21(23-9-4-5-16-27-23)24(19)29-25(20)28-22;1-16(2)13-17-14-22(26-15-21(17)25(3,4)5)20-11-8-10-19-18-9-6-7-12-23(18)27-24(19)20;/h4-7,9-16H,1-3H3;6-10,12,14-16H,13H2,1-5H3;/q2*-1;. The summed E-state index contributed by atoms with van der Waals surface area (Å²) in [5, 5.41) is 4.30. The van der Waals surface area contributed by atoms with Crippen LogP contribution < -0.4 is 4.40 Å². The van der Waals surface area contributed by atoms with Crippen molar-refractivity contribution in [2.75, 3.05) is 0 Å². The number of furan rings is 2. The Morgan fingerprint density at radius 1 is 0.667 bits per heavy atom. The predicted molar refractivity (Wildman–Crippen MR) is 235 cm³/mol. The van der Waals surface area contributed by atoms with E-state index in [2.05, 4.69) is 136 Å². The molecule has 0 bridgehead atoms. The zero-order valence-corrected chi connectivity index (χ0v) is 38.3. The first-order valence-corrected chi connectivity index (χ1v) is 26.8. The van der Waals surface area contributed by atoms with Crippen molar-refractivity contribution in [1.29, 1.82) is 0 Å². The van der Waals surface area contributed by atoms with Gasteiger partial charge in [-0.25, -0.2) is 4.98 Å². The molecule has 9 rings (SSSR count). The summed E-state index contributed by atoms with van der Waals surface area (Å²) in [6, 6.07) is 43.7. The molecule has 0 atom stereocenters. The normalized spacial score (nSPS) is 11.9. The van der Waals surface area contributed by atoms with Gasteiger partial charge in [0.1, 0.15) is 0 Å². The molecule has 0 N–H and O–H groups in total. The summed E-state index contributed by atoms with van der Waals surface area (Å²) in [5.41, 5.74) is 11.7. The van der Waals surface area contributed by atoms with E-state index in [1.807, 2.05) is 48.5 Å². The summed E-state index contributed by atoms with van der Waals surface area (Å²) >= 11 is -1.98. The van der Waals surface area contributed by atoms with Crippen LogP contribution in [-0.2, 0) is 31.9 Å². The molecule has 0 aliphatic carbocycles. The number of rotatable bonds is 6. The fraction of sp³-hybridized carbons (Fsp3) is 0.220. The molecule has 0 unspecified atom stereocenters. The van der Waals surface area contributed by atoms with Crippen molar-refractivity contribution in [3.63, 3.8) is 0 Å². The van der Waals surface area contributed by atoms with Gasteiger partial charge in [-0.15, -0.1) is 18.2 Å². The van der Waals surface area contributed by atoms with E-state index in [1.54, 1.807) is 6.20 Å². The first-order valence-electron chi connectivity index (χ1n) is 19.4. The van der Waals surface area contributed by atoms with E-state index in [9.17, 15) is 0 Å². The van der Waals surface area contributed by atoms with Crippen molar-refractivity contribution in [2.45, 2.75) is 63.7 Å². The maximum atomic E-state index is 6.20. The van der Waals surface area contributed by atoms with Gasteiger partial charge in [0, 0.05) is 37.3 Å². The molecule has 0 aliphatic heterocycles. The minimum atomic E-state index is -1.98. The summed E-state index contributed by atoms with van der Waals surface area (Å²) in [6.45, 7) is 11.2. The predicted octanol–water partition coefficient (Wildman–Crippen LogP) is 13.0. The minimum absolute atomic E-state index is 0. The molecule has 7 heteroatoms. The van der Waals surface area contributed by atoms with Crippen LogP contribution in [0.1, 0.15) is 45.7 Å². The van der Waals surface area contributed by atoms with E-state index in [-0.39, 0.29) is 25.5 Å². The van der Waals surface area contributed by atoms with Crippen LogP contribution in [0.2, 0.25) is 17.3 Å². The fourth-order valence-corrected chi connectivity index (χ4v) is 10.8. The molecule has 1 radical (unpaired) electrons. The van der Waals surface area contributed by atoms with E-state index >= 15 is 0 Å². The molecule has 4 aromatic carbocycles. The van der Waals surface area contributed by atoms with Crippen LogP contribution in [0, 0.1) is 18.1 Å². The molecular weight excluding hydrogens is 939 g/mol. The number of fused-ring (bicyclic) bond motifs is 6. The fourth-order valence-electron chi connectivity index (χ4n) is 7.42. The van der Waals surface area contributed by atoms with E-state index in [0.717, 1.165) is 78.5 Å². The Kier molecular flexibility index (Phi) is 11.4. The number of hydrogen-bond donors (Lipinski definition) is 0. The Morgan fingerprint density at radius 2 is 1.33 bits per heavy atom. The Morgan fingerprint density at radius 3 is 2.00 bits per heavy atom. The van der Waals surface area contributed by atoms with E-state index in [4.69, 9.17) is 18.8 Å². The van der Waals surface area contributed by atoms with Gasteiger partial charge in [0.2, 0.25) is 5.71 Å². The molecule has 0 fully saturated rings. The van der Waals surface area contributed by atoms with Gasteiger partial charge in [0.05, 0.1) is 11.3 Å². The van der Waals surface area contributed by atoms with Gasteiger partial charge in [-0.1, -0.05) is 68.1 Å². The molecule has 0 aliphatic rings. The average molecular weight is 987 g/mol. The summed E-state index contributed by atoms with van der Waals surface area (Å²) in [7, 11) is 0. The Bertz CT molecular complexity index is 2830. The number of benzene rings is 4. The van der Waals surface area contributed by atoms with Gasteiger partial charge in [0.25, 0.3) is 0 Å². The van der Waals surface area contributed by atoms with Gasteiger partial charge in [-0.05, 0) is 34.9 Å². The molecule has 0 amide bonds. The molecule has 57 heavy (non-hydrogen) atoms. The van der Waals surface area contributed by atoms with Crippen molar-refractivity contribution in [3.05, 3.63) is 145 Å². The number of hydrogen-bond acceptors (Lipinski definition) is 5. The zero-order valence-electron chi connectivity index (χ0n) is 33.8. The number of nitrogens with zero attached hydrogens (tertiary/aromatic N) is 3. The van der Waals surface area contributed by atoms with Gasteiger partial charge in [-0.3, -0.25) is 0 Å². The van der Waals surface area contributed by atoms with Crippen molar-refractivity contribution < 1.29 is 28.9 Å². The maximum Gasteiger partial charge on any atom is 0 e. The topological polar surface area (TPSA) is 65.0 Å². The molecule has 0 saturated carbocycles. The zero-order chi connectivity index (χ0) is 39.2. The third-order valence-electron chi connectivity index (χ3n) is 10.3. The van der Waals surface area contributed by atoms with E-state index < -0.39 is 13.3 Å². The Labute approximate surface area is 351 Å². The molecule has 5 heterocycles. The van der Waals surface area contributed by atoms with Crippen LogP contribution in [-0.4, -0.2) is 28.2 Å². The molecule has 5 nitrogen and oxygen atoms in total. The summed E-state index contributed by atoms with van der Waals surface area (Å²) in [5.74, 6) is 7.93. The molecule has 0 spiro atoms. The second kappa shape index (κ2) is 16.2. The van der Waals surface area contributed by atoms with Gasteiger partial charge in [0.15, 0.2) is 0 Å². The maximum absolute atomic E-state index is 6.20. The largest absolute Gasteiger partial charge is 0 e. The monoisotopic (exact) mass is 988 g/mol. The molecule has 0 saturated heterocycles.